The van der Waals surface area contributed by atoms with Crippen LogP contribution >= 0.6 is 0 Å². The van der Waals surface area contributed by atoms with Gasteiger partial charge in [-0.1, -0.05) is 31.1 Å². The third-order valence-electron chi connectivity index (χ3n) is 3.31. The molecule has 1 atom stereocenters. The number of carbonyl (C=O) groups excluding carboxylic acids is 1. The summed E-state index contributed by atoms with van der Waals surface area (Å²) in [4.78, 5) is 23.3. The summed E-state index contributed by atoms with van der Waals surface area (Å²) in [7, 11) is 0. The molecule has 0 radical (unpaired) electrons. The Morgan fingerprint density at radius 3 is 2.72 bits per heavy atom. The lowest BCUT2D eigenvalue weighted by atomic mass is 10.0. The van der Waals surface area contributed by atoms with E-state index < -0.39 is 23.7 Å². The number of para-hydroxylation sites is 1. The number of hydrogen-bond donors (Lipinski definition) is 2. The van der Waals surface area contributed by atoms with Gasteiger partial charge in [-0.05, 0) is 24.5 Å². The van der Waals surface area contributed by atoms with Gasteiger partial charge in [0.1, 0.15) is 12.6 Å². The number of nitrogens with one attached hydrogen (secondary N) is 1. The van der Waals surface area contributed by atoms with Crippen molar-refractivity contribution < 1.29 is 28.3 Å². The Kier molecular flexibility index (Phi) is 6.10. The minimum atomic E-state index is -1.12. The van der Waals surface area contributed by atoms with E-state index in [-0.39, 0.29) is 29.7 Å². The Morgan fingerprint density at radius 1 is 1.36 bits per heavy atom. The molecule has 2 aromatic rings. The van der Waals surface area contributed by atoms with Crippen LogP contribution in [0.2, 0.25) is 0 Å². The molecule has 2 rings (SSSR count). The number of nitrogens with zero attached hydrogens (tertiary/aromatic N) is 1. The van der Waals surface area contributed by atoms with Crippen LogP contribution in [0, 0.1) is 11.7 Å². The zero-order valence-electron chi connectivity index (χ0n) is 13.9. The zero-order chi connectivity index (χ0) is 18.4. The van der Waals surface area contributed by atoms with Crippen molar-refractivity contribution in [2.45, 2.75) is 32.9 Å². The first-order chi connectivity index (χ1) is 11.9. The van der Waals surface area contributed by atoms with Gasteiger partial charge in [-0.2, -0.15) is 0 Å². The normalized spacial score (nSPS) is 12.0. The minimum Gasteiger partial charge on any atom is -0.482 e. The van der Waals surface area contributed by atoms with Crippen LogP contribution in [-0.2, 0) is 11.4 Å². The molecule has 0 fully saturated rings. The number of carboxylic acids is 1. The molecule has 1 heterocycles. The van der Waals surface area contributed by atoms with Crippen LogP contribution in [0.15, 0.2) is 34.9 Å². The summed E-state index contributed by atoms with van der Waals surface area (Å²) < 4.78 is 23.7. The summed E-state index contributed by atoms with van der Waals surface area (Å²) in [6.07, 6.45) is 0.294. The van der Waals surface area contributed by atoms with E-state index in [0.717, 1.165) is 0 Å². The predicted octanol–water partition coefficient (Wildman–Crippen LogP) is 2.62. The van der Waals surface area contributed by atoms with Crippen LogP contribution in [0.3, 0.4) is 0 Å². The van der Waals surface area contributed by atoms with Crippen LogP contribution in [0.25, 0.3) is 0 Å². The molecule has 2 N–H and O–H groups in total. The minimum absolute atomic E-state index is 0.0489. The van der Waals surface area contributed by atoms with E-state index in [1.807, 2.05) is 13.8 Å². The molecule has 1 aromatic heterocycles. The highest BCUT2D eigenvalue weighted by atomic mass is 19.1. The molecule has 0 bridgehead atoms. The highest BCUT2D eigenvalue weighted by molar-refractivity contribution is 5.94. The Bertz CT molecular complexity index is 744. The lowest BCUT2D eigenvalue weighted by molar-refractivity contribution is -0.139. The van der Waals surface area contributed by atoms with Gasteiger partial charge in [-0.3, -0.25) is 4.79 Å². The van der Waals surface area contributed by atoms with E-state index in [9.17, 15) is 14.0 Å². The maximum Gasteiger partial charge on any atom is 0.326 e. The molecule has 1 aromatic carbocycles. The number of aromatic nitrogens is 1. The average molecular weight is 350 g/mol. The van der Waals surface area contributed by atoms with Crippen LogP contribution < -0.4 is 10.1 Å². The molecule has 0 aliphatic rings. The van der Waals surface area contributed by atoms with Crippen LogP contribution in [0.5, 0.6) is 5.75 Å². The van der Waals surface area contributed by atoms with E-state index in [2.05, 4.69) is 10.5 Å². The fraction of sp³-hybridized carbons (Fsp3) is 0.353. The number of carbonyl (C=O) groups is 2. The van der Waals surface area contributed by atoms with Gasteiger partial charge in [0, 0.05) is 6.07 Å². The van der Waals surface area contributed by atoms with Gasteiger partial charge in [-0.15, -0.1) is 0 Å². The van der Waals surface area contributed by atoms with Crippen LogP contribution in [0.4, 0.5) is 4.39 Å². The zero-order valence-corrected chi connectivity index (χ0v) is 13.9. The number of hydrogen-bond acceptors (Lipinski definition) is 5. The molecule has 0 saturated carbocycles. The number of amides is 1. The van der Waals surface area contributed by atoms with Gasteiger partial charge in [-0.25, -0.2) is 9.18 Å². The quantitative estimate of drug-likeness (QED) is 0.759. The number of rotatable bonds is 8. The highest BCUT2D eigenvalue weighted by Gasteiger charge is 2.23. The van der Waals surface area contributed by atoms with Crippen molar-refractivity contribution in [3.05, 3.63) is 47.6 Å². The second-order valence-corrected chi connectivity index (χ2v) is 5.89. The predicted molar refractivity (Wildman–Crippen MR) is 85.6 cm³/mol. The van der Waals surface area contributed by atoms with Crippen molar-refractivity contribution >= 4 is 11.9 Å². The summed E-state index contributed by atoms with van der Waals surface area (Å²) in [6.45, 7) is 3.60. The van der Waals surface area contributed by atoms with E-state index in [4.69, 9.17) is 14.4 Å². The first kappa shape index (κ1) is 18.4. The molecule has 0 aliphatic carbocycles. The highest BCUT2D eigenvalue weighted by Crippen LogP contribution is 2.17. The van der Waals surface area contributed by atoms with Crippen molar-refractivity contribution in [3.63, 3.8) is 0 Å². The third-order valence-corrected chi connectivity index (χ3v) is 3.31. The first-order valence-electron chi connectivity index (χ1n) is 7.73. The molecular formula is C17H19FN2O5. The first-order valence-corrected chi connectivity index (χ1v) is 7.73. The van der Waals surface area contributed by atoms with Crippen molar-refractivity contribution in [2.24, 2.45) is 5.92 Å². The molecular weight excluding hydrogens is 331 g/mol. The van der Waals surface area contributed by atoms with Crippen molar-refractivity contribution in [1.29, 1.82) is 0 Å². The molecule has 0 aliphatic heterocycles. The van der Waals surface area contributed by atoms with Gasteiger partial charge in [0.25, 0.3) is 5.91 Å². The molecule has 134 valence electrons. The molecule has 0 unspecified atom stereocenters. The number of ether oxygens (including phenoxy) is 1. The Labute approximate surface area is 143 Å². The number of aliphatic carboxylic acids is 1. The SMILES string of the molecule is CC(C)C[C@@H](NC(=O)c1cc(COc2ccccc2F)on1)C(=O)O. The Hall–Kier alpha value is -2.90. The molecule has 25 heavy (non-hydrogen) atoms. The average Bonchev–Trinajstić information content (AvgIpc) is 3.02. The van der Waals surface area contributed by atoms with Gasteiger partial charge in [0.15, 0.2) is 23.0 Å². The van der Waals surface area contributed by atoms with Gasteiger partial charge < -0.3 is 19.7 Å². The largest absolute Gasteiger partial charge is 0.482 e. The van der Waals surface area contributed by atoms with Gasteiger partial charge in [0.2, 0.25) is 0 Å². The van der Waals surface area contributed by atoms with Crippen molar-refractivity contribution in [1.82, 2.24) is 10.5 Å². The Balaban J connectivity index is 1.96. The summed E-state index contributed by atoms with van der Waals surface area (Å²) in [5.74, 6) is -1.93. The number of carboxylic acid groups (broad SMARTS) is 1. The van der Waals surface area contributed by atoms with Gasteiger partial charge in [0.05, 0.1) is 0 Å². The van der Waals surface area contributed by atoms with Crippen molar-refractivity contribution in [2.75, 3.05) is 0 Å². The maximum absolute atomic E-state index is 13.5. The monoisotopic (exact) mass is 350 g/mol. The fourth-order valence-corrected chi connectivity index (χ4v) is 2.12. The molecule has 1 amide bonds. The van der Waals surface area contributed by atoms with E-state index in [1.54, 1.807) is 6.07 Å². The fourth-order valence-electron chi connectivity index (χ4n) is 2.12. The topological polar surface area (TPSA) is 102 Å². The summed E-state index contributed by atoms with van der Waals surface area (Å²) in [5.41, 5.74) is -0.0675. The van der Waals surface area contributed by atoms with E-state index >= 15 is 0 Å². The number of benzene rings is 1. The molecule has 7 nitrogen and oxygen atoms in total. The summed E-state index contributed by atoms with van der Waals surface area (Å²) in [5, 5.41) is 15.1. The standard InChI is InChI=1S/C17H19FN2O5/c1-10(2)7-14(17(22)23)19-16(21)13-8-11(25-20-13)9-24-15-6-4-3-5-12(15)18/h3-6,8,10,14H,7,9H2,1-2H3,(H,19,21)(H,22,23)/t14-/m1/s1. The van der Waals surface area contributed by atoms with E-state index in [1.165, 1.54) is 24.3 Å². The van der Waals surface area contributed by atoms with Gasteiger partial charge >= 0.3 is 5.97 Å². The van der Waals surface area contributed by atoms with Crippen LogP contribution in [-0.4, -0.2) is 28.2 Å². The summed E-state index contributed by atoms with van der Waals surface area (Å²) in [6, 6.07) is 6.19. The smallest absolute Gasteiger partial charge is 0.326 e. The lowest BCUT2D eigenvalue weighted by Crippen LogP contribution is -2.41. The number of halogens is 1. The van der Waals surface area contributed by atoms with E-state index in [0.29, 0.717) is 6.42 Å². The third kappa shape index (κ3) is 5.30. The second-order valence-electron chi connectivity index (χ2n) is 5.89. The lowest BCUT2D eigenvalue weighted by Gasteiger charge is -2.15. The molecule has 0 spiro atoms. The summed E-state index contributed by atoms with van der Waals surface area (Å²) >= 11 is 0. The molecule has 0 saturated heterocycles. The Morgan fingerprint density at radius 2 is 2.08 bits per heavy atom. The second kappa shape index (κ2) is 8.27. The molecule has 8 heteroatoms. The maximum atomic E-state index is 13.5. The van der Waals surface area contributed by atoms with Crippen molar-refractivity contribution in [3.8, 4) is 5.75 Å². The van der Waals surface area contributed by atoms with Crippen LogP contribution in [0.1, 0.15) is 36.5 Å².